The Morgan fingerprint density at radius 2 is 1.87 bits per heavy atom. The maximum atomic E-state index is 12.8. The van der Waals surface area contributed by atoms with Gasteiger partial charge in [0.25, 0.3) is 5.56 Å². The lowest BCUT2D eigenvalue weighted by atomic mass is 10.1. The molecule has 3 aromatic rings. The van der Waals surface area contributed by atoms with E-state index in [1.54, 1.807) is 10.8 Å². The van der Waals surface area contributed by atoms with E-state index in [0.717, 1.165) is 24.1 Å². The number of nitrogens with one attached hydrogen (secondary N) is 1. The lowest BCUT2D eigenvalue weighted by Gasteiger charge is -2.10. The zero-order chi connectivity index (χ0) is 16.2. The van der Waals surface area contributed by atoms with Crippen molar-refractivity contribution >= 4 is 20.7 Å². The third-order valence-electron chi connectivity index (χ3n) is 4.28. The Hall–Kier alpha value is -2.34. The number of aromatic amines is 1. The van der Waals surface area contributed by atoms with Crippen molar-refractivity contribution < 1.29 is 8.42 Å². The number of H-pyrrole nitrogens is 1. The summed E-state index contributed by atoms with van der Waals surface area (Å²) >= 11 is 0. The number of sulfone groups is 1. The van der Waals surface area contributed by atoms with Gasteiger partial charge in [0.2, 0.25) is 0 Å². The van der Waals surface area contributed by atoms with E-state index < -0.39 is 9.84 Å². The average Bonchev–Trinajstić information content (AvgIpc) is 3.24. The summed E-state index contributed by atoms with van der Waals surface area (Å²) in [5.74, 6) is 0.323. The fraction of sp³-hybridized carbons (Fsp3) is 0.235. The Balaban J connectivity index is 2.11. The van der Waals surface area contributed by atoms with Crippen LogP contribution in [0.4, 0.5) is 0 Å². The Bertz CT molecular complexity index is 1060. The summed E-state index contributed by atoms with van der Waals surface area (Å²) in [5.41, 5.74) is 1.84. The van der Waals surface area contributed by atoms with E-state index >= 15 is 0 Å². The molecule has 0 atom stereocenters. The summed E-state index contributed by atoms with van der Waals surface area (Å²) in [4.78, 5) is 15.9. The molecular weight excluding hydrogens is 312 g/mol. The predicted octanol–water partition coefficient (Wildman–Crippen LogP) is 2.60. The second-order valence-corrected chi connectivity index (χ2v) is 8.03. The second kappa shape index (κ2) is 4.83. The fourth-order valence-corrected chi connectivity index (χ4v) is 3.88. The molecule has 1 saturated carbocycles. The number of hydrogen-bond acceptors (Lipinski definition) is 3. The van der Waals surface area contributed by atoms with Gasteiger partial charge in [0, 0.05) is 29.7 Å². The normalized spacial score (nSPS) is 15.2. The minimum absolute atomic E-state index is 0.215. The van der Waals surface area contributed by atoms with E-state index in [2.05, 4.69) is 4.98 Å². The highest BCUT2D eigenvalue weighted by Crippen LogP contribution is 2.44. The quantitative estimate of drug-likeness (QED) is 0.803. The minimum atomic E-state index is -3.39. The summed E-state index contributed by atoms with van der Waals surface area (Å²) in [6, 6.07) is 9.37. The SMILES string of the molecule is CS(=O)(=O)c1c[nH]c2c(=O)n(-c3ccccc3)cc(C3CC3)c12. The van der Waals surface area contributed by atoms with Gasteiger partial charge in [0.05, 0.1) is 4.90 Å². The highest BCUT2D eigenvalue weighted by atomic mass is 32.2. The van der Waals surface area contributed by atoms with Crippen molar-refractivity contribution in [3.8, 4) is 5.69 Å². The van der Waals surface area contributed by atoms with Gasteiger partial charge in [-0.3, -0.25) is 9.36 Å². The Morgan fingerprint density at radius 3 is 2.48 bits per heavy atom. The Morgan fingerprint density at radius 1 is 1.17 bits per heavy atom. The van der Waals surface area contributed by atoms with E-state index in [9.17, 15) is 13.2 Å². The van der Waals surface area contributed by atoms with Gasteiger partial charge < -0.3 is 4.98 Å². The van der Waals surface area contributed by atoms with Crippen molar-refractivity contribution in [2.45, 2.75) is 23.7 Å². The lowest BCUT2D eigenvalue weighted by Crippen LogP contribution is -2.19. The Kier molecular flexibility index (Phi) is 2.99. The van der Waals surface area contributed by atoms with Crippen LogP contribution in [0.1, 0.15) is 24.3 Å². The predicted molar refractivity (Wildman–Crippen MR) is 89.0 cm³/mol. The van der Waals surface area contributed by atoms with Gasteiger partial charge in [-0.1, -0.05) is 18.2 Å². The van der Waals surface area contributed by atoms with Gasteiger partial charge >= 0.3 is 0 Å². The smallest absolute Gasteiger partial charge is 0.279 e. The number of nitrogens with zero attached hydrogens (tertiary/aromatic N) is 1. The van der Waals surface area contributed by atoms with E-state index in [-0.39, 0.29) is 10.5 Å². The molecule has 0 radical (unpaired) electrons. The van der Waals surface area contributed by atoms with Crippen LogP contribution >= 0.6 is 0 Å². The van der Waals surface area contributed by atoms with Gasteiger partial charge in [-0.2, -0.15) is 0 Å². The summed E-state index contributed by atoms with van der Waals surface area (Å²) in [5, 5.41) is 0.562. The molecule has 0 amide bonds. The highest BCUT2D eigenvalue weighted by Gasteiger charge is 2.30. The van der Waals surface area contributed by atoms with Crippen LogP contribution in [0.2, 0.25) is 0 Å². The maximum absolute atomic E-state index is 12.8. The van der Waals surface area contributed by atoms with Crippen molar-refractivity contribution in [2.24, 2.45) is 0 Å². The van der Waals surface area contributed by atoms with Crippen molar-refractivity contribution in [1.82, 2.24) is 9.55 Å². The molecule has 0 aliphatic heterocycles. The molecule has 1 fully saturated rings. The van der Waals surface area contributed by atoms with Gasteiger partial charge in [-0.15, -0.1) is 0 Å². The van der Waals surface area contributed by atoms with Crippen molar-refractivity contribution in [3.05, 3.63) is 58.6 Å². The highest BCUT2D eigenvalue weighted by molar-refractivity contribution is 7.91. The van der Waals surface area contributed by atoms with Crippen LogP contribution < -0.4 is 5.56 Å². The zero-order valence-electron chi connectivity index (χ0n) is 12.6. The molecule has 0 unspecified atom stereocenters. The van der Waals surface area contributed by atoms with Gasteiger partial charge in [-0.25, -0.2) is 8.42 Å². The topological polar surface area (TPSA) is 71.9 Å². The van der Waals surface area contributed by atoms with Crippen LogP contribution in [0.15, 0.2) is 52.4 Å². The van der Waals surface area contributed by atoms with Gasteiger partial charge in [-0.05, 0) is 36.5 Å². The second-order valence-electron chi connectivity index (χ2n) is 6.04. The van der Waals surface area contributed by atoms with Crippen molar-refractivity contribution in [1.29, 1.82) is 0 Å². The largest absolute Gasteiger partial charge is 0.355 e. The molecule has 1 aliphatic rings. The summed E-state index contributed by atoms with van der Waals surface area (Å²) in [6.07, 6.45) is 6.46. The molecule has 2 aromatic heterocycles. The molecule has 0 spiro atoms. The summed E-state index contributed by atoms with van der Waals surface area (Å²) < 4.78 is 25.7. The molecule has 23 heavy (non-hydrogen) atoms. The Labute approximate surface area is 133 Å². The first-order chi connectivity index (χ1) is 11.0. The van der Waals surface area contributed by atoms with E-state index in [1.165, 1.54) is 12.5 Å². The molecule has 1 aliphatic carbocycles. The third-order valence-corrected chi connectivity index (χ3v) is 5.41. The lowest BCUT2D eigenvalue weighted by molar-refractivity contribution is 0.602. The molecule has 2 heterocycles. The fourth-order valence-electron chi connectivity index (χ4n) is 3.02. The zero-order valence-corrected chi connectivity index (χ0v) is 13.4. The molecule has 6 heteroatoms. The third kappa shape index (κ3) is 2.30. The summed E-state index contributed by atoms with van der Waals surface area (Å²) in [6.45, 7) is 0. The number of pyridine rings is 1. The van der Waals surface area contributed by atoms with Crippen LogP contribution in [0.3, 0.4) is 0 Å². The number of para-hydroxylation sites is 1. The molecule has 0 bridgehead atoms. The summed E-state index contributed by atoms with van der Waals surface area (Å²) in [7, 11) is -3.39. The van der Waals surface area contributed by atoms with E-state index in [4.69, 9.17) is 0 Å². The molecule has 5 nitrogen and oxygen atoms in total. The molecule has 1 N–H and O–H groups in total. The number of benzene rings is 1. The molecule has 0 saturated heterocycles. The van der Waals surface area contributed by atoms with E-state index in [1.807, 2.05) is 30.3 Å². The number of aromatic nitrogens is 2. The van der Waals surface area contributed by atoms with Crippen LogP contribution in [-0.2, 0) is 9.84 Å². The number of hydrogen-bond donors (Lipinski definition) is 1. The van der Waals surface area contributed by atoms with Crippen molar-refractivity contribution in [3.63, 3.8) is 0 Å². The van der Waals surface area contributed by atoms with Gasteiger partial charge in [0.1, 0.15) is 5.52 Å². The molecule has 1 aromatic carbocycles. The molecule has 118 valence electrons. The molecular formula is C17H16N2O3S. The first kappa shape index (κ1) is 14.3. The van der Waals surface area contributed by atoms with E-state index in [0.29, 0.717) is 16.8 Å². The van der Waals surface area contributed by atoms with Crippen LogP contribution in [0.25, 0.3) is 16.6 Å². The number of rotatable bonds is 3. The number of fused-ring (bicyclic) bond motifs is 1. The van der Waals surface area contributed by atoms with Crippen LogP contribution in [0, 0.1) is 0 Å². The minimum Gasteiger partial charge on any atom is -0.355 e. The molecule has 4 rings (SSSR count). The standard InChI is InChI=1S/C17H16N2O3S/c1-23(21,22)14-9-18-16-15(14)13(11-7-8-11)10-19(17(16)20)12-5-3-2-4-6-12/h2-6,9-11,18H,7-8H2,1H3. The first-order valence-corrected chi connectivity index (χ1v) is 9.38. The van der Waals surface area contributed by atoms with Gasteiger partial charge in [0.15, 0.2) is 9.84 Å². The van der Waals surface area contributed by atoms with Crippen LogP contribution in [-0.4, -0.2) is 24.2 Å². The van der Waals surface area contributed by atoms with Crippen LogP contribution in [0.5, 0.6) is 0 Å². The monoisotopic (exact) mass is 328 g/mol. The average molecular weight is 328 g/mol. The van der Waals surface area contributed by atoms with Crippen molar-refractivity contribution in [2.75, 3.05) is 6.26 Å². The maximum Gasteiger partial charge on any atom is 0.279 e. The first-order valence-electron chi connectivity index (χ1n) is 7.49.